The summed E-state index contributed by atoms with van der Waals surface area (Å²) in [6.45, 7) is -0.513. The highest BCUT2D eigenvalue weighted by Crippen LogP contribution is 2.38. The van der Waals surface area contributed by atoms with Gasteiger partial charge in [0.05, 0.1) is 39.1 Å². The summed E-state index contributed by atoms with van der Waals surface area (Å²) in [5.74, 6) is -6.69. The number of esters is 1. The number of carbonyl (C=O) groups is 4. The number of hydrogen-bond acceptors (Lipinski definition) is 20. The van der Waals surface area contributed by atoms with Crippen LogP contribution in [0, 0.1) is 0 Å². The number of hydrogen-bond donors (Lipinski definition) is 12. The maximum Gasteiger partial charge on any atom is 0.364 e. The summed E-state index contributed by atoms with van der Waals surface area (Å²) in [5, 5.41) is 111. The van der Waals surface area contributed by atoms with Crippen molar-refractivity contribution < 1.29 is 103 Å². The lowest BCUT2D eigenvalue weighted by Crippen LogP contribution is -2.71. The van der Waals surface area contributed by atoms with Gasteiger partial charge < -0.3 is 94.9 Å². The SMILES string of the molecule is COC(=O)CCCCCCCCOC1OC(CO)C(O)[C@H](OC2OC(CO)[C@H](O)C(O[C@]3(C(=O)O)CC(O)[C@@H](NC(C)=O)C(C(O)C(O)CO)O3)C2O)C1NC(C)=O. The molecule has 3 aliphatic rings. The Morgan fingerprint density at radius 2 is 1.33 bits per heavy atom. The summed E-state index contributed by atoms with van der Waals surface area (Å²) in [6.07, 6.45) is -20.3. The Kier molecular flexibility index (Phi) is 20.0. The minimum Gasteiger partial charge on any atom is -0.477 e. The smallest absolute Gasteiger partial charge is 0.364 e. The van der Waals surface area contributed by atoms with Gasteiger partial charge in [0.15, 0.2) is 12.6 Å². The van der Waals surface area contributed by atoms with Crippen molar-refractivity contribution in [3.63, 3.8) is 0 Å². The number of ether oxygens (including phenoxy) is 7. The highest BCUT2D eigenvalue weighted by atomic mass is 16.8. The van der Waals surface area contributed by atoms with Crippen LogP contribution < -0.4 is 10.6 Å². The van der Waals surface area contributed by atoms with E-state index in [1.807, 2.05) is 0 Å². The van der Waals surface area contributed by atoms with E-state index in [0.717, 1.165) is 39.5 Å². The van der Waals surface area contributed by atoms with Crippen LogP contribution in [0.5, 0.6) is 0 Å². The van der Waals surface area contributed by atoms with Crippen LogP contribution in [0.2, 0.25) is 0 Å². The van der Waals surface area contributed by atoms with Crippen molar-refractivity contribution in [2.75, 3.05) is 33.5 Å². The van der Waals surface area contributed by atoms with Gasteiger partial charge in [0.25, 0.3) is 5.79 Å². The average molecular weight is 845 g/mol. The van der Waals surface area contributed by atoms with Crippen LogP contribution in [0.1, 0.15) is 65.2 Å². The third-order valence-corrected chi connectivity index (χ3v) is 10.1. The fourth-order valence-electron chi connectivity index (χ4n) is 7.07. The second-order valence-corrected chi connectivity index (χ2v) is 14.5. The molecule has 23 heteroatoms. The van der Waals surface area contributed by atoms with Crippen molar-refractivity contribution in [2.45, 2.75) is 163 Å². The van der Waals surface area contributed by atoms with Gasteiger partial charge in [0.1, 0.15) is 67.1 Å². The van der Waals surface area contributed by atoms with E-state index >= 15 is 0 Å². The van der Waals surface area contributed by atoms with Gasteiger partial charge >= 0.3 is 11.9 Å². The number of rotatable bonds is 22. The number of amides is 2. The van der Waals surface area contributed by atoms with Crippen molar-refractivity contribution in [1.82, 2.24) is 10.6 Å². The molecule has 0 saturated carbocycles. The number of methoxy groups -OCH3 is 1. The van der Waals surface area contributed by atoms with Gasteiger partial charge in [0, 0.05) is 33.3 Å². The molecule has 3 fully saturated rings. The van der Waals surface area contributed by atoms with Crippen molar-refractivity contribution >= 4 is 23.8 Å². The molecule has 0 aromatic heterocycles. The maximum atomic E-state index is 12.9. The predicted molar refractivity (Wildman–Crippen MR) is 190 cm³/mol. The Labute approximate surface area is 334 Å². The van der Waals surface area contributed by atoms with Crippen LogP contribution in [0.25, 0.3) is 0 Å². The molecule has 58 heavy (non-hydrogen) atoms. The molecule has 3 aliphatic heterocycles. The average Bonchev–Trinajstić information content (AvgIpc) is 3.18. The molecular formula is C35H60N2O21. The second kappa shape index (κ2) is 23.3. The Balaban J connectivity index is 1.84. The van der Waals surface area contributed by atoms with E-state index < -0.39 is 142 Å². The first-order valence-electron chi connectivity index (χ1n) is 19.1. The van der Waals surface area contributed by atoms with Crippen molar-refractivity contribution in [1.29, 1.82) is 0 Å². The van der Waals surface area contributed by atoms with Crippen LogP contribution in [-0.2, 0) is 52.3 Å². The Bertz CT molecular complexity index is 1310. The standard InChI is InChI=1S/C35H60N2O21/c1-16(41)36-23-18(43)12-35(34(50)51,57-30(23)25(46)19(44)13-38)58-31-27(48)21(15-40)55-33(28(31)49)56-29-24(37-17(2)42)32(54-20(14-39)26(29)47)53-11-9-7-5-4-6-8-10-22(45)52-3/h18-21,23-33,38-40,43-44,46-49H,4-15H2,1-3H3,(H,36,41)(H,37,42)(H,50,51)/t18?,19?,20?,21?,23-,24?,25?,26?,27+,28?,29-,30?,31?,32?,33?,35+/m1/s1. The molecule has 0 aromatic carbocycles. The fraction of sp³-hybridized carbons (Fsp3) is 0.886. The molecule has 16 atom stereocenters. The van der Waals surface area contributed by atoms with E-state index in [1.54, 1.807) is 0 Å². The van der Waals surface area contributed by atoms with E-state index in [9.17, 15) is 70.2 Å². The van der Waals surface area contributed by atoms with Crippen LogP contribution >= 0.6 is 0 Å². The number of unbranched alkanes of at least 4 members (excludes halogenated alkanes) is 5. The van der Waals surface area contributed by atoms with Gasteiger partial charge in [-0.2, -0.15) is 0 Å². The number of carbonyl (C=O) groups excluding carboxylic acids is 3. The molecule has 336 valence electrons. The van der Waals surface area contributed by atoms with E-state index in [0.29, 0.717) is 19.3 Å². The van der Waals surface area contributed by atoms with E-state index in [-0.39, 0.29) is 12.6 Å². The van der Waals surface area contributed by atoms with Crippen molar-refractivity contribution in [3.05, 3.63) is 0 Å². The van der Waals surface area contributed by atoms with Crippen LogP contribution in [0.3, 0.4) is 0 Å². The first kappa shape index (κ1) is 49.6. The fourth-order valence-corrected chi connectivity index (χ4v) is 7.07. The zero-order valence-corrected chi connectivity index (χ0v) is 32.6. The van der Waals surface area contributed by atoms with E-state index in [1.165, 1.54) is 7.11 Å². The lowest BCUT2D eigenvalue weighted by Gasteiger charge is -2.51. The van der Waals surface area contributed by atoms with Gasteiger partial charge in [-0.3, -0.25) is 14.4 Å². The largest absolute Gasteiger partial charge is 0.477 e. The van der Waals surface area contributed by atoms with Gasteiger partial charge in [-0.05, 0) is 12.8 Å². The quantitative estimate of drug-likeness (QED) is 0.0358. The Hall–Kier alpha value is -2.72. The van der Waals surface area contributed by atoms with Crippen molar-refractivity contribution in [2.24, 2.45) is 0 Å². The monoisotopic (exact) mass is 844 g/mol. The van der Waals surface area contributed by atoms with Gasteiger partial charge in [-0.25, -0.2) is 4.79 Å². The summed E-state index contributed by atoms with van der Waals surface area (Å²) in [4.78, 5) is 48.4. The maximum absolute atomic E-state index is 12.9. The Morgan fingerprint density at radius 3 is 1.88 bits per heavy atom. The summed E-state index contributed by atoms with van der Waals surface area (Å²) in [6, 6.07) is -2.90. The third kappa shape index (κ3) is 12.9. The lowest BCUT2D eigenvalue weighted by molar-refractivity contribution is -0.381. The van der Waals surface area contributed by atoms with Gasteiger partial charge in [-0.15, -0.1) is 0 Å². The zero-order valence-electron chi connectivity index (χ0n) is 32.6. The van der Waals surface area contributed by atoms with Crippen LogP contribution in [-0.4, -0.2) is 206 Å². The number of carboxylic acids is 1. The number of carboxylic acid groups (broad SMARTS) is 1. The molecule has 12 N–H and O–H groups in total. The molecule has 0 bridgehead atoms. The van der Waals surface area contributed by atoms with E-state index in [4.69, 9.17) is 28.4 Å². The topological polar surface area (TPSA) is 359 Å². The predicted octanol–water partition coefficient (Wildman–Crippen LogP) is -5.15. The highest BCUT2D eigenvalue weighted by Gasteiger charge is 2.60. The molecule has 3 rings (SSSR count). The Morgan fingerprint density at radius 1 is 0.776 bits per heavy atom. The molecule has 2 amide bonds. The zero-order chi connectivity index (χ0) is 43.3. The van der Waals surface area contributed by atoms with Gasteiger partial charge in [-0.1, -0.05) is 25.7 Å². The summed E-state index contributed by atoms with van der Waals surface area (Å²) < 4.78 is 39.3. The lowest BCUT2D eigenvalue weighted by atomic mass is 9.88. The van der Waals surface area contributed by atoms with Crippen molar-refractivity contribution in [3.8, 4) is 0 Å². The normalized spacial score (nSPS) is 36.4. The summed E-state index contributed by atoms with van der Waals surface area (Å²) in [5.41, 5.74) is 0. The molecule has 12 unspecified atom stereocenters. The molecule has 3 heterocycles. The molecule has 0 aromatic rings. The van der Waals surface area contributed by atoms with Crippen LogP contribution in [0.15, 0.2) is 0 Å². The molecule has 0 radical (unpaired) electrons. The molecule has 23 nitrogen and oxygen atoms in total. The molecule has 3 saturated heterocycles. The number of aliphatic hydroxyl groups excluding tert-OH is 9. The number of aliphatic carboxylic acids is 1. The summed E-state index contributed by atoms with van der Waals surface area (Å²) in [7, 11) is 1.33. The van der Waals surface area contributed by atoms with Gasteiger partial charge in [0.2, 0.25) is 11.8 Å². The second-order valence-electron chi connectivity index (χ2n) is 14.5. The summed E-state index contributed by atoms with van der Waals surface area (Å²) >= 11 is 0. The van der Waals surface area contributed by atoms with E-state index in [2.05, 4.69) is 15.4 Å². The minimum absolute atomic E-state index is 0.0953. The number of aliphatic hydroxyl groups is 9. The molecule has 0 aliphatic carbocycles. The minimum atomic E-state index is -3.05. The van der Waals surface area contributed by atoms with Crippen LogP contribution in [0.4, 0.5) is 0 Å². The first-order chi connectivity index (χ1) is 27.4. The highest BCUT2D eigenvalue weighted by molar-refractivity contribution is 5.76. The first-order valence-corrected chi connectivity index (χ1v) is 19.1. The number of nitrogens with one attached hydrogen (secondary N) is 2. The third-order valence-electron chi connectivity index (χ3n) is 10.1. The molecule has 0 spiro atoms. The molecular weight excluding hydrogens is 784 g/mol.